The van der Waals surface area contributed by atoms with Crippen LogP contribution in [0, 0.1) is 33.3 Å². The Morgan fingerprint density at radius 2 is 0.950 bits per heavy atom. The molecule has 0 fully saturated rings. The molecule has 0 radical (unpaired) electrons. The Hall–Kier alpha value is -0.382. The number of hydrogen-bond acceptors (Lipinski definition) is 0. The standard InChI is InChI=1S/C6H5Cl2P.5CO.Mo/c7-9(8)6-4-2-1-3-5-6;5*1-2;/h1-5H;;;;;;. The topological polar surface area (TPSA) is 99.5 Å². The summed E-state index contributed by atoms with van der Waals surface area (Å²) in [7, 11) is 0. The predicted molar refractivity (Wildman–Crippen MR) is 64.3 cm³/mol. The molecule has 5 nitrogen and oxygen atoms in total. The third-order valence-electron chi connectivity index (χ3n) is 1.06. The summed E-state index contributed by atoms with van der Waals surface area (Å²) in [6, 6.07) is 9.75. The van der Waals surface area contributed by atoms with Crippen LogP contribution in [-0.2, 0) is 42.1 Å². The minimum atomic E-state index is -1.81. The molecule has 0 spiro atoms. The van der Waals surface area contributed by atoms with Gasteiger partial charge in [0.05, 0.1) is 0 Å². The van der Waals surface area contributed by atoms with Crippen molar-refractivity contribution in [3.05, 3.63) is 63.6 Å². The van der Waals surface area contributed by atoms with E-state index >= 15 is 0 Å². The van der Waals surface area contributed by atoms with Gasteiger partial charge in [-0.25, -0.2) is 0 Å². The normalized spacial score (nSPS) is 6.20. The molecule has 0 N–H and O–H groups in total. The first-order valence-electron chi connectivity index (χ1n) is 3.68. The summed E-state index contributed by atoms with van der Waals surface area (Å²) in [4.78, 5) is 0. The van der Waals surface area contributed by atoms with E-state index < -0.39 is 3.60 Å². The first-order chi connectivity index (χ1) is 9.61. The molecule has 0 saturated carbocycles. The maximum absolute atomic E-state index is 7.50. The monoisotopic (exact) mass is 416 g/mol. The number of benzene rings is 1. The van der Waals surface area contributed by atoms with Gasteiger partial charge in [-0.2, -0.15) is 0 Å². The summed E-state index contributed by atoms with van der Waals surface area (Å²) in [5.41, 5.74) is 0. The second kappa shape index (κ2) is 31.2. The zero-order valence-electron chi connectivity index (χ0n) is 9.54. The van der Waals surface area contributed by atoms with Gasteiger partial charge in [-0.1, -0.05) is 0 Å². The average Bonchev–Trinajstić information content (AvgIpc) is 2.57. The van der Waals surface area contributed by atoms with E-state index in [1.165, 1.54) is 0 Å². The zero-order chi connectivity index (χ0) is 17.6. The summed E-state index contributed by atoms with van der Waals surface area (Å²) in [6.45, 7) is 22.5. The van der Waals surface area contributed by atoms with Crippen LogP contribution in [0.5, 0.6) is 0 Å². The Balaban J connectivity index is -0.0000000639. The molecule has 9 heteroatoms. The van der Waals surface area contributed by atoms with Crippen LogP contribution in [-0.4, -0.2) is 0 Å². The van der Waals surface area contributed by atoms with E-state index in [4.69, 9.17) is 45.7 Å². The summed E-state index contributed by atoms with van der Waals surface area (Å²) >= 11 is 13.7. The molecule has 0 heterocycles. The second-order valence-corrected chi connectivity index (χ2v) is 14.1. The van der Waals surface area contributed by atoms with Crippen molar-refractivity contribution < 1.29 is 42.1 Å². The fourth-order valence-electron chi connectivity index (χ4n) is 0.602. The van der Waals surface area contributed by atoms with Crippen LogP contribution in [0.4, 0.5) is 0 Å². The van der Waals surface area contributed by atoms with Gasteiger partial charge in [0.1, 0.15) is 0 Å². The van der Waals surface area contributed by atoms with Crippen molar-refractivity contribution in [2.24, 2.45) is 0 Å². The molecule has 0 saturated heterocycles. The van der Waals surface area contributed by atoms with Crippen LogP contribution in [0.1, 0.15) is 0 Å². The fourth-order valence-corrected chi connectivity index (χ4v) is 2.69. The first kappa shape index (κ1) is 31.8. The number of hydrogen-bond donors (Lipinski definition) is 0. The van der Waals surface area contributed by atoms with Gasteiger partial charge >= 0.3 is 137 Å². The van der Waals surface area contributed by atoms with Gasteiger partial charge in [-0.15, -0.1) is 0 Å². The number of rotatable bonds is 1. The molecule has 0 bridgehead atoms. The van der Waals surface area contributed by atoms with Gasteiger partial charge in [0, 0.05) is 0 Å². The van der Waals surface area contributed by atoms with Crippen LogP contribution < -0.4 is 5.30 Å². The van der Waals surface area contributed by atoms with Crippen molar-refractivity contribution in [1.82, 2.24) is 0 Å². The quantitative estimate of drug-likeness (QED) is 0.292. The van der Waals surface area contributed by atoms with Crippen molar-refractivity contribution in [3.63, 3.8) is 0 Å². The summed E-state index contributed by atoms with van der Waals surface area (Å²) < 4.78 is 35.7. The molecule has 20 heavy (non-hydrogen) atoms. The van der Waals surface area contributed by atoms with E-state index in [9.17, 15) is 0 Å². The average molecular weight is 415 g/mol. The molecule has 1 rings (SSSR count). The third-order valence-corrected chi connectivity index (χ3v) is 4.68. The molecule has 0 aromatic heterocycles. The summed E-state index contributed by atoms with van der Waals surface area (Å²) in [6.07, 6.45) is 0. The number of halogens is 2. The van der Waals surface area contributed by atoms with Crippen molar-refractivity contribution in [3.8, 4) is 0 Å². The van der Waals surface area contributed by atoms with Crippen molar-refractivity contribution in [2.75, 3.05) is 0 Å². The van der Waals surface area contributed by atoms with Crippen LogP contribution in [0.15, 0.2) is 30.3 Å². The Labute approximate surface area is 136 Å². The van der Waals surface area contributed by atoms with E-state index in [2.05, 4.69) is 33.3 Å². The summed E-state index contributed by atoms with van der Waals surface area (Å²) in [5.74, 6) is 0. The summed E-state index contributed by atoms with van der Waals surface area (Å²) in [5, 5.41) is 1.04. The molecule has 1 aromatic carbocycles. The molecule has 0 atom stereocenters. The molecule has 1 aromatic rings. The van der Waals surface area contributed by atoms with E-state index in [0.717, 1.165) is 5.30 Å². The first-order valence-corrected chi connectivity index (χ1v) is 9.89. The van der Waals surface area contributed by atoms with Crippen molar-refractivity contribution in [2.45, 2.75) is 0 Å². The minimum absolute atomic E-state index is 1.04. The van der Waals surface area contributed by atoms with Gasteiger partial charge in [0.25, 0.3) is 0 Å². The molecule has 0 aliphatic carbocycles. The van der Waals surface area contributed by atoms with E-state index in [0.29, 0.717) is 0 Å². The molecular formula is C11H5Cl2MoO5P. The molecule has 0 unspecified atom stereocenters. The van der Waals surface area contributed by atoms with Gasteiger partial charge < -0.3 is 0 Å². The Kier molecular flexibility index (Phi) is 49.6. The van der Waals surface area contributed by atoms with E-state index in [1.54, 1.807) is 18.8 Å². The maximum atomic E-state index is 7.50. The third kappa shape index (κ3) is 26.2. The molecule has 0 aliphatic rings. The Morgan fingerprint density at radius 3 is 1.10 bits per heavy atom. The molecule has 0 aliphatic heterocycles. The molecular weight excluding hydrogens is 410 g/mol. The van der Waals surface area contributed by atoms with Crippen LogP contribution >= 0.6 is 26.1 Å². The second-order valence-electron chi connectivity index (χ2n) is 1.80. The van der Waals surface area contributed by atoms with Gasteiger partial charge in [-0.3, -0.25) is 0 Å². The van der Waals surface area contributed by atoms with Crippen molar-refractivity contribution in [1.29, 1.82) is 0 Å². The van der Waals surface area contributed by atoms with Gasteiger partial charge in [0.2, 0.25) is 0 Å². The fraction of sp³-hybridized carbons (Fsp3) is 0. The van der Waals surface area contributed by atoms with Crippen LogP contribution in [0.2, 0.25) is 0 Å². The van der Waals surface area contributed by atoms with Gasteiger partial charge in [0.15, 0.2) is 0 Å². The van der Waals surface area contributed by atoms with E-state index in [1.807, 2.05) is 30.3 Å². The predicted octanol–water partition coefficient (Wildman–Crippen LogP) is 2.91. The zero-order valence-corrected chi connectivity index (χ0v) is 14.0. The molecule has 104 valence electrons. The van der Waals surface area contributed by atoms with Crippen LogP contribution in [0.3, 0.4) is 0 Å². The SMILES string of the molecule is Cl[P](Cl)(=[Mo])c1ccccc1.[C-]#[O+].[C-]#[O+].[C-]#[O+].[C-]#[O+].[C-]#[O+]. The van der Waals surface area contributed by atoms with E-state index in [-0.39, 0.29) is 0 Å². The van der Waals surface area contributed by atoms with Crippen LogP contribution in [0.25, 0.3) is 0 Å². The Morgan fingerprint density at radius 1 is 0.700 bits per heavy atom. The molecule has 0 amide bonds. The van der Waals surface area contributed by atoms with Crippen molar-refractivity contribution >= 4 is 31.4 Å². The Bertz CT molecular complexity index is 413. The van der Waals surface area contributed by atoms with Gasteiger partial charge in [-0.05, 0) is 0 Å².